The molecule has 5 nitrogen and oxygen atoms in total. The molecule has 1 rings (SSSR count). The summed E-state index contributed by atoms with van der Waals surface area (Å²) >= 11 is 0. The highest BCUT2D eigenvalue weighted by atomic mass is 16.5. The van der Waals surface area contributed by atoms with Crippen molar-refractivity contribution in [2.24, 2.45) is 0 Å². The van der Waals surface area contributed by atoms with Gasteiger partial charge in [0, 0.05) is 7.11 Å². The predicted molar refractivity (Wildman–Crippen MR) is 37.8 cm³/mol. The van der Waals surface area contributed by atoms with E-state index in [0.717, 1.165) is 0 Å². The van der Waals surface area contributed by atoms with Gasteiger partial charge in [-0.2, -0.15) is 0 Å². The number of rotatable bonds is 4. The fourth-order valence-corrected chi connectivity index (χ4v) is 0.767. The Hall–Kier alpha value is -0.940. The molecule has 0 bridgehead atoms. The van der Waals surface area contributed by atoms with Gasteiger partial charge in [-0.1, -0.05) is 5.21 Å². The summed E-state index contributed by atoms with van der Waals surface area (Å²) in [5, 5.41) is 16.2. The van der Waals surface area contributed by atoms with Crippen molar-refractivity contribution in [3.8, 4) is 0 Å². The fourth-order valence-electron chi connectivity index (χ4n) is 0.767. The molecule has 62 valence electrons. The highest BCUT2D eigenvalue weighted by Crippen LogP contribution is 1.94. The van der Waals surface area contributed by atoms with Crippen LogP contribution in [0, 0.1) is 0 Å². The quantitative estimate of drug-likeness (QED) is 0.635. The van der Waals surface area contributed by atoms with Gasteiger partial charge in [-0.25, -0.2) is 4.68 Å². The molecule has 0 unspecified atom stereocenters. The van der Waals surface area contributed by atoms with Crippen molar-refractivity contribution in [3.05, 3.63) is 11.9 Å². The minimum absolute atomic E-state index is 0.0310. The van der Waals surface area contributed by atoms with E-state index in [2.05, 4.69) is 10.3 Å². The zero-order chi connectivity index (χ0) is 8.10. The Bertz CT molecular complexity index is 211. The second-order valence-electron chi connectivity index (χ2n) is 2.10. The molecule has 0 spiro atoms. The summed E-state index contributed by atoms with van der Waals surface area (Å²) in [5.74, 6) is 0. The van der Waals surface area contributed by atoms with E-state index in [1.165, 1.54) is 6.20 Å². The van der Waals surface area contributed by atoms with Crippen molar-refractivity contribution in [2.75, 3.05) is 13.7 Å². The molecule has 5 heteroatoms. The van der Waals surface area contributed by atoms with Crippen LogP contribution in [0.5, 0.6) is 0 Å². The summed E-state index contributed by atoms with van der Waals surface area (Å²) in [6, 6.07) is 0. The summed E-state index contributed by atoms with van der Waals surface area (Å²) in [5.41, 5.74) is 0.710. The van der Waals surface area contributed by atoms with Crippen LogP contribution in [-0.2, 0) is 17.9 Å². The molecule has 1 aromatic rings. The Labute approximate surface area is 64.6 Å². The largest absolute Gasteiger partial charge is 0.390 e. The van der Waals surface area contributed by atoms with Crippen molar-refractivity contribution < 1.29 is 9.84 Å². The summed E-state index contributed by atoms with van der Waals surface area (Å²) in [6.07, 6.45) is 1.54. The zero-order valence-corrected chi connectivity index (χ0v) is 6.40. The van der Waals surface area contributed by atoms with E-state index in [4.69, 9.17) is 9.84 Å². The van der Waals surface area contributed by atoms with E-state index in [9.17, 15) is 0 Å². The first-order chi connectivity index (χ1) is 5.38. The minimum atomic E-state index is -0.0310. The summed E-state index contributed by atoms with van der Waals surface area (Å²) in [6.45, 7) is 1.18. The van der Waals surface area contributed by atoms with E-state index in [1.807, 2.05) is 0 Å². The van der Waals surface area contributed by atoms with E-state index < -0.39 is 0 Å². The predicted octanol–water partition coefficient (Wildman–Crippen LogP) is -0.583. The van der Waals surface area contributed by atoms with E-state index >= 15 is 0 Å². The highest BCUT2D eigenvalue weighted by molar-refractivity contribution is 4.90. The lowest BCUT2D eigenvalue weighted by Gasteiger charge is -2.01. The number of aromatic nitrogens is 3. The van der Waals surface area contributed by atoms with Gasteiger partial charge >= 0.3 is 0 Å². The van der Waals surface area contributed by atoms with Crippen LogP contribution in [0.2, 0.25) is 0 Å². The number of aliphatic hydroxyl groups excluding tert-OH is 1. The first-order valence-corrected chi connectivity index (χ1v) is 3.35. The van der Waals surface area contributed by atoms with Crippen LogP contribution in [0.15, 0.2) is 6.20 Å². The van der Waals surface area contributed by atoms with E-state index in [1.54, 1.807) is 11.8 Å². The maximum Gasteiger partial charge on any atom is 0.0866 e. The molecule has 0 saturated carbocycles. The molecular formula is C6H11N3O2. The van der Waals surface area contributed by atoms with Gasteiger partial charge in [0.2, 0.25) is 0 Å². The molecule has 0 radical (unpaired) electrons. The van der Waals surface area contributed by atoms with Crippen LogP contribution >= 0.6 is 0 Å². The third-order valence-electron chi connectivity index (χ3n) is 1.37. The van der Waals surface area contributed by atoms with Crippen molar-refractivity contribution in [3.63, 3.8) is 0 Å². The van der Waals surface area contributed by atoms with Gasteiger partial charge in [0.05, 0.1) is 31.6 Å². The Balaban J connectivity index is 2.54. The molecule has 11 heavy (non-hydrogen) atoms. The Morgan fingerprint density at radius 1 is 1.73 bits per heavy atom. The lowest BCUT2D eigenvalue weighted by Crippen LogP contribution is -2.09. The molecule has 0 atom stereocenters. The van der Waals surface area contributed by atoms with Crippen molar-refractivity contribution in [1.29, 1.82) is 0 Å². The van der Waals surface area contributed by atoms with Crippen molar-refractivity contribution in [1.82, 2.24) is 15.0 Å². The molecule has 0 aliphatic carbocycles. The standard InChI is InChI=1S/C6H11N3O2/c1-11-3-2-9-6(5-10)4-7-8-9/h4,10H,2-3,5H2,1H3. The number of methoxy groups -OCH3 is 1. The zero-order valence-electron chi connectivity index (χ0n) is 6.40. The summed E-state index contributed by atoms with van der Waals surface area (Å²) < 4.78 is 6.46. The second kappa shape index (κ2) is 4.05. The summed E-state index contributed by atoms with van der Waals surface area (Å²) in [4.78, 5) is 0. The van der Waals surface area contributed by atoms with Gasteiger partial charge in [-0.15, -0.1) is 5.10 Å². The van der Waals surface area contributed by atoms with Gasteiger partial charge in [0.15, 0.2) is 0 Å². The lowest BCUT2D eigenvalue weighted by molar-refractivity contribution is 0.178. The molecule has 1 heterocycles. The molecule has 0 aliphatic heterocycles. The monoisotopic (exact) mass is 157 g/mol. The molecule has 0 aliphatic rings. The Morgan fingerprint density at radius 2 is 2.55 bits per heavy atom. The smallest absolute Gasteiger partial charge is 0.0866 e. The highest BCUT2D eigenvalue weighted by Gasteiger charge is 1.99. The average Bonchev–Trinajstić information content (AvgIpc) is 2.47. The number of hydrogen-bond acceptors (Lipinski definition) is 4. The number of ether oxygens (including phenoxy) is 1. The lowest BCUT2D eigenvalue weighted by atomic mass is 10.5. The fraction of sp³-hybridized carbons (Fsp3) is 0.667. The third-order valence-corrected chi connectivity index (χ3v) is 1.37. The van der Waals surface area contributed by atoms with Gasteiger partial charge in [-0.3, -0.25) is 0 Å². The number of nitrogens with zero attached hydrogens (tertiary/aromatic N) is 3. The number of aliphatic hydroxyl groups is 1. The van der Waals surface area contributed by atoms with Crippen molar-refractivity contribution >= 4 is 0 Å². The SMILES string of the molecule is COCCn1nncc1CO. The third kappa shape index (κ3) is 1.99. The topological polar surface area (TPSA) is 60.2 Å². The van der Waals surface area contributed by atoms with Crippen molar-refractivity contribution in [2.45, 2.75) is 13.2 Å². The molecular weight excluding hydrogens is 146 g/mol. The second-order valence-corrected chi connectivity index (χ2v) is 2.10. The first kappa shape index (κ1) is 8.16. The van der Waals surface area contributed by atoms with Gasteiger partial charge < -0.3 is 9.84 Å². The van der Waals surface area contributed by atoms with Crippen LogP contribution in [0.25, 0.3) is 0 Å². The molecule has 1 aromatic heterocycles. The van der Waals surface area contributed by atoms with E-state index in [0.29, 0.717) is 18.8 Å². The van der Waals surface area contributed by atoms with E-state index in [-0.39, 0.29) is 6.61 Å². The van der Waals surface area contributed by atoms with Crippen LogP contribution < -0.4 is 0 Å². The van der Waals surface area contributed by atoms with Gasteiger partial charge in [-0.05, 0) is 0 Å². The van der Waals surface area contributed by atoms with Crippen LogP contribution in [0.1, 0.15) is 5.69 Å². The first-order valence-electron chi connectivity index (χ1n) is 3.35. The Morgan fingerprint density at radius 3 is 3.18 bits per heavy atom. The van der Waals surface area contributed by atoms with Crippen LogP contribution in [0.4, 0.5) is 0 Å². The van der Waals surface area contributed by atoms with Gasteiger partial charge in [0.1, 0.15) is 0 Å². The minimum Gasteiger partial charge on any atom is -0.390 e. The normalized spacial score (nSPS) is 10.4. The molecule has 0 aromatic carbocycles. The number of hydrogen-bond donors (Lipinski definition) is 1. The molecule has 0 fully saturated rings. The summed E-state index contributed by atoms with van der Waals surface area (Å²) in [7, 11) is 1.62. The maximum atomic E-state index is 8.77. The maximum absolute atomic E-state index is 8.77. The van der Waals surface area contributed by atoms with Gasteiger partial charge in [0.25, 0.3) is 0 Å². The molecule has 1 N–H and O–H groups in total. The molecule has 0 saturated heterocycles. The van der Waals surface area contributed by atoms with Crippen LogP contribution in [0.3, 0.4) is 0 Å². The average molecular weight is 157 g/mol. The Kier molecular flexibility index (Phi) is 3.00. The van der Waals surface area contributed by atoms with Crippen LogP contribution in [-0.4, -0.2) is 33.8 Å². The molecule has 0 amide bonds.